The van der Waals surface area contributed by atoms with Gasteiger partial charge in [-0.25, -0.2) is 4.28 Å². The molecule has 2 aromatic carbocycles. The number of hydrogen-bond donors (Lipinski definition) is 2. The Hall–Kier alpha value is -2.91. The summed E-state index contributed by atoms with van der Waals surface area (Å²) in [6.45, 7) is 0.363. The van der Waals surface area contributed by atoms with Crippen molar-refractivity contribution in [3.63, 3.8) is 0 Å². The number of ether oxygens (including phenoxy) is 1. The first-order valence-electron chi connectivity index (χ1n) is 8.75. The maximum atomic E-state index is 11.5. The molecule has 1 aliphatic rings. The molecule has 0 radical (unpaired) electrons. The molecule has 0 spiro atoms. The van der Waals surface area contributed by atoms with Crippen molar-refractivity contribution in [2.75, 3.05) is 11.9 Å². The van der Waals surface area contributed by atoms with Gasteiger partial charge < -0.3 is 10.1 Å². The number of benzene rings is 2. The molecule has 0 saturated heterocycles. The molecule has 0 fully saturated rings. The van der Waals surface area contributed by atoms with E-state index < -0.39 is 10.4 Å². The summed E-state index contributed by atoms with van der Waals surface area (Å²) in [4.78, 5) is 11.5. The molecular formula is C19H20N2O6S. The van der Waals surface area contributed by atoms with E-state index in [0.29, 0.717) is 49.3 Å². The van der Waals surface area contributed by atoms with E-state index in [1.807, 2.05) is 24.3 Å². The van der Waals surface area contributed by atoms with Gasteiger partial charge in [-0.2, -0.15) is 8.42 Å². The molecule has 9 heteroatoms. The summed E-state index contributed by atoms with van der Waals surface area (Å²) in [5, 5.41) is 6.39. The fourth-order valence-electron chi connectivity index (χ4n) is 2.91. The molecule has 0 saturated carbocycles. The Labute approximate surface area is 163 Å². The normalized spacial score (nSPS) is 14.2. The van der Waals surface area contributed by atoms with E-state index in [1.54, 1.807) is 24.3 Å². The first-order chi connectivity index (χ1) is 13.4. The number of hydrogen-bond acceptors (Lipinski definition) is 6. The quantitative estimate of drug-likeness (QED) is 0.303. The topological polar surface area (TPSA) is 114 Å². The van der Waals surface area contributed by atoms with Crippen molar-refractivity contribution in [2.45, 2.75) is 25.7 Å². The van der Waals surface area contributed by atoms with Crippen LogP contribution in [0.2, 0.25) is 0 Å². The van der Waals surface area contributed by atoms with Crippen LogP contribution in [0.4, 0.5) is 5.69 Å². The van der Waals surface area contributed by atoms with Crippen molar-refractivity contribution < 1.29 is 26.8 Å². The van der Waals surface area contributed by atoms with Gasteiger partial charge in [-0.15, -0.1) is 0 Å². The molecule has 1 aliphatic heterocycles. The van der Waals surface area contributed by atoms with Crippen LogP contribution in [0.5, 0.6) is 5.75 Å². The Morgan fingerprint density at radius 1 is 1.11 bits per heavy atom. The summed E-state index contributed by atoms with van der Waals surface area (Å²) < 4.78 is 40.4. The highest BCUT2D eigenvalue weighted by molar-refractivity contribution is 7.80. The molecule has 28 heavy (non-hydrogen) atoms. The molecule has 0 aliphatic carbocycles. The van der Waals surface area contributed by atoms with Gasteiger partial charge in [-0.1, -0.05) is 41.6 Å². The van der Waals surface area contributed by atoms with Gasteiger partial charge in [-0.3, -0.25) is 9.35 Å². The highest BCUT2D eigenvalue weighted by Crippen LogP contribution is 2.31. The standard InChI is InChI=1S/C19H20N2O6S/c22-19-12-11-15-17(20-19)8-4-10-18(15)26-13-5-9-16(21-27-28(23,24)25)14-6-2-1-3-7-14/h1-4,6-8,10H,5,9,11-13H2,(H,20,22)(H,23,24,25). The van der Waals surface area contributed by atoms with Crippen LogP contribution < -0.4 is 10.1 Å². The van der Waals surface area contributed by atoms with Crippen molar-refractivity contribution in [3.8, 4) is 5.75 Å². The predicted molar refractivity (Wildman–Crippen MR) is 104 cm³/mol. The number of anilines is 1. The minimum absolute atomic E-state index is 0.00722. The molecule has 1 heterocycles. The SMILES string of the molecule is O=C1CCc2c(cccc2OCCCC(=NOS(=O)(=O)O)c2ccccc2)N1. The number of carbonyl (C=O) groups is 1. The lowest BCUT2D eigenvalue weighted by Gasteiger charge is -2.20. The minimum atomic E-state index is -4.67. The number of carbonyl (C=O) groups excluding carboxylic acids is 1. The van der Waals surface area contributed by atoms with E-state index in [9.17, 15) is 13.2 Å². The molecule has 3 rings (SSSR count). The van der Waals surface area contributed by atoms with Gasteiger partial charge in [0.15, 0.2) is 0 Å². The first-order valence-corrected chi connectivity index (χ1v) is 10.1. The molecule has 0 bridgehead atoms. The highest BCUT2D eigenvalue weighted by Gasteiger charge is 2.18. The third kappa shape index (κ3) is 5.54. The van der Waals surface area contributed by atoms with E-state index >= 15 is 0 Å². The summed E-state index contributed by atoms with van der Waals surface area (Å²) in [5.74, 6) is 0.706. The van der Waals surface area contributed by atoms with Crippen LogP contribution in [0.3, 0.4) is 0 Å². The monoisotopic (exact) mass is 404 g/mol. The molecular weight excluding hydrogens is 384 g/mol. The lowest BCUT2D eigenvalue weighted by Crippen LogP contribution is -2.19. The van der Waals surface area contributed by atoms with Crippen molar-refractivity contribution in [1.82, 2.24) is 0 Å². The van der Waals surface area contributed by atoms with Gasteiger partial charge in [0.1, 0.15) is 5.75 Å². The zero-order valence-electron chi connectivity index (χ0n) is 15.0. The summed E-state index contributed by atoms with van der Waals surface area (Å²) in [5.41, 5.74) is 2.80. The molecule has 1 amide bonds. The van der Waals surface area contributed by atoms with Crippen molar-refractivity contribution in [1.29, 1.82) is 0 Å². The average Bonchev–Trinajstić information content (AvgIpc) is 2.67. The molecule has 2 N–H and O–H groups in total. The van der Waals surface area contributed by atoms with Gasteiger partial charge >= 0.3 is 10.4 Å². The largest absolute Gasteiger partial charge is 0.493 e. The molecule has 148 valence electrons. The van der Waals surface area contributed by atoms with E-state index in [2.05, 4.69) is 14.8 Å². The third-order valence-electron chi connectivity index (χ3n) is 4.17. The predicted octanol–water partition coefficient (Wildman–Crippen LogP) is 2.95. The Balaban J connectivity index is 1.62. The molecule has 8 nitrogen and oxygen atoms in total. The van der Waals surface area contributed by atoms with Crippen LogP contribution in [-0.2, 0) is 25.9 Å². The average molecular weight is 404 g/mol. The van der Waals surface area contributed by atoms with Crippen LogP contribution >= 0.6 is 0 Å². The number of nitrogens with one attached hydrogen (secondary N) is 1. The van der Waals surface area contributed by atoms with E-state index in [-0.39, 0.29) is 5.91 Å². The van der Waals surface area contributed by atoms with Crippen LogP contribution in [0.1, 0.15) is 30.4 Å². The minimum Gasteiger partial charge on any atom is -0.493 e. The molecule has 2 aromatic rings. The molecule has 0 unspecified atom stereocenters. The Bertz CT molecular complexity index is 973. The smallest absolute Gasteiger partial charge is 0.466 e. The van der Waals surface area contributed by atoms with Gasteiger partial charge in [0, 0.05) is 17.7 Å². The third-order valence-corrected chi connectivity index (χ3v) is 4.44. The number of amides is 1. The van der Waals surface area contributed by atoms with Gasteiger partial charge in [-0.05, 0) is 37.0 Å². The van der Waals surface area contributed by atoms with Crippen LogP contribution in [0.25, 0.3) is 0 Å². The fourth-order valence-corrected chi connectivity index (χ4v) is 3.10. The van der Waals surface area contributed by atoms with Crippen molar-refractivity contribution in [2.24, 2.45) is 5.16 Å². The maximum Gasteiger partial charge on any atom is 0.466 e. The fraction of sp³-hybridized carbons (Fsp3) is 0.263. The lowest BCUT2D eigenvalue weighted by atomic mass is 10.0. The molecule has 0 atom stereocenters. The van der Waals surface area contributed by atoms with Crippen LogP contribution in [-0.4, -0.2) is 31.2 Å². The van der Waals surface area contributed by atoms with Gasteiger partial charge in [0.05, 0.1) is 12.3 Å². The lowest BCUT2D eigenvalue weighted by molar-refractivity contribution is -0.116. The number of fused-ring (bicyclic) bond motifs is 1. The zero-order chi connectivity index (χ0) is 20.0. The van der Waals surface area contributed by atoms with Gasteiger partial charge in [0.2, 0.25) is 5.91 Å². The van der Waals surface area contributed by atoms with Crippen molar-refractivity contribution >= 4 is 27.7 Å². The van der Waals surface area contributed by atoms with Crippen LogP contribution in [0.15, 0.2) is 53.7 Å². The highest BCUT2D eigenvalue weighted by atomic mass is 32.3. The molecule has 0 aromatic heterocycles. The summed E-state index contributed by atoms with van der Waals surface area (Å²) in [6.07, 6.45) is 1.96. The zero-order valence-corrected chi connectivity index (χ0v) is 15.8. The van der Waals surface area contributed by atoms with Gasteiger partial charge in [0.25, 0.3) is 0 Å². The second-order valence-electron chi connectivity index (χ2n) is 6.19. The summed E-state index contributed by atoms with van der Waals surface area (Å²) in [6, 6.07) is 14.4. The summed E-state index contributed by atoms with van der Waals surface area (Å²) in [7, 11) is -4.67. The summed E-state index contributed by atoms with van der Waals surface area (Å²) >= 11 is 0. The Morgan fingerprint density at radius 3 is 2.64 bits per heavy atom. The number of nitrogens with zero attached hydrogens (tertiary/aromatic N) is 1. The number of rotatable bonds is 8. The Morgan fingerprint density at radius 2 is 1.89 bits per heavy atom. The van der Waals surface area contributed by atoms with E-state index in [0.717, 1.165) is 11.3 Å². The second-order valence-corrected chi connectivity index (χ2v) is 7.19. The second kappa shape index (κ2) is 8.85. The first kappa shape index (κ1) is 19.8. The van der Waals surface area contributed by atoms with E-state index in [1.165, 1.54) is 0 Å². The van der Waals surface area contributed by atoms with Crippen LogP contribution in [0, 0.1) is 0 Å². The maximum absolute atomic E-state index is 11.5. The number of oxime groups is 1. The van der Waals surface area contributed by atoms with E-state index in [4.69, 9.17) is 9.29 Å². The Kier molecular flexibility index (Phi) is 6.27. The van der Waals surface area contributed by atoms with Crippen molar-refractivity contribution in [3.05, 3.63) is 59.7 Å².